The minimum atomic E-state index is 0.671. The van der Waals surface area contributed by atoms with Crippen LogP contribution in [0.2, 0.25) is 0 Å². The maximum absolute atomic E-state index is 8.97. The van der Waals surface area contributed by atoms with Crippen LogP contribution in [0.15, 0.2) is 28.1 Å². The number of hydrogen-bond acceptors (Lipinski definition) is 3. The molecule has 17 heavy (non-hydrogen) atoms. The summed E-state index contributed by atoms with van der Waals surface area (Å²) in [6.07, 6.45) is 0.911. The maximum Gasteiger partial charge on any atom is 0.128 e. The Morgan fingerprint density at radius 1 is 1.35 bits per heavy atom. The fraction of sp³-hybridized carbons (Fsp3) is 0.154. The Hall–Kier alpha value is -1.31. The van der Waals surface area contributed by atoms with Crippen molar-refractivity contribution in [2.75, 3.05) is 6.61 Å². The summed E-state index contributed by atoms with van der Waals surface area (Å²) in [5, 5.41) is 8.97. The van der Waals surface area contributed by atoms with E-state index in [0.717, 1.165) is 21.5 Å². The van der Waals surface area contributed by atoms with Gasteiger partial charge in [-0.3, -0.25) is 0 Å². The molecule has 1 aliphatic heterocycles. The second-order valence-electron chi connectivity index (χ2n) is 3.83. The molecule has 0 saturated carbocycles. The highest BCUT2D eigenvalue weighted by molar-refractivity contribution is 9.11. The second kappa shape index (κ2) is 4.17. The molecule has 0 spiro atoms. The summed E-state index contributed by atoms with van der Waals surface area (Å²) in [7, 11) is 0. The summed E-state index contributed by atoms with van der Waals surface area (Å²) in [5.74, 6) is 0.872. The lowest BCUT2D eigenvalue weighted by Crippen LogP contribution is -1.97. The molecule has 1 aliphatic rings. The van der Waals surface area contributed by atoms with Crippen molar-refractivity contribution in [2.45, 2.75) is 6.42 Å². The highest BCUT2D eigenvalue weighted by atomic mass is 79.9. The van der Waals surface area contributed by atoms with Crippen LogP contribution in [-0.2, 0) is 6.42 Å². The fourth-order valence-corrected chi connectivity index (χ4v) is 3.70. The molecule has 2 nitrogen and oxygen atoms in total. The van der Waals surface area contributed by atoms with Crippen LogP contribution in [0, 0.1) is 11.3 Å². The monoisotopic (exact) mass is 305 g/mol. The molecule has 0 unspecified atom stereocenters. The molecule has 4 heteroatoms. The summed E-state index contributed by atoms with van der Waals surface area (Å²) < 4.78 is 6.83. The molecule has 0 radical (unpaired) electrons. The molecule has 0 fully saturated rings. The first-order chi connectivity index (χ1) is 8.28. The van der Waals surface area contributed by atoms with E-state index in [0.29, 0.717) is 12.2 Å². The number of thiophene rings is 1. The lowest BCUT2D eigenvalue weighted by molar-refractivity contribution is 0.326. The van der Waals surface area contributed by atoms with E-state index in [9.17, 15) is 0 Å². The van der Waals surface area contributed by atoms with Gasteiger partial charge >= 0.3 is 0 Å². The zero-order valence-electron chi connectivity index (χ0n) is 8.87. The van der Waals surface area contributed by atoms with E-state index in [-0.39, 0.29) is 0 Å². The van der Waals surface area contributed by atoms with Gasteiger partial charge < -0.3 is 4.74 Å². The Labute approximate surface area is 112 Å². The highest BCUT2D eigenvalue weighted by Crippen LogP contribution is 2.42. The van der Waals surface area contributed by atoms with E-state index in [4.69, 9.17) is 10.00 Å². The molecular formula is C13H8BrNOS. The van der Waals surface area contributed by atoms with Gasteiger partial charge in [0, 0.05) is 16.9 Å². The third-order valence-corrected chi connectivity index (χ3v) is 4.47. The minimum Gasteiger partial charge on any atom is -0.493 e. The highest BCUT2D eigenvalue weighted by Gasteiger charge is 2.18. The van der Waals surface area contributed by atoms with Crippen molar-refractivity contribution in [3.63, 3.8) is 0 Å². The average Bonchev–Trinajstić information content (AvgIpc) is 2.63. The van der Waals surface area contributed by atoms with Crippen molar-refractivity contribution < 1.29 is 4.74 Å². The molecule has 2 heterocycles. The first-order valence-electron chi connectivity index (χ1n) is 5.23. The summed E-state index contributed by atoms with van der Waals surface area (Å²) in [5.41, 5.74) is 2.99. The molecule has 0 aliphatic carbocycles. The van der Waals surface area contributed by atoms with Crippen molar-refractivity contribution in [1.29, 1.82) is 5.26 Å². The van der Waals surface area contributed by atoms with Crippen molar-refractivity contribution in [1.82, 2.24) is 0 Å². The first-order valence-corrected chi connectivity index (χ1v) is 6.84. The minimum absolute atomic E-state index is 0.671. The van der Waals surface area contributed by atoms with Gasteiger partial charge in [0.15, 0.2) is 0 Å². The average molecular weight is 306 g/mol. The fourth-order valence-electron chi connectivity index (χ4n) is 1.98. The lowest BCUT2D eigenvalue weighted by Gasteiger charge is -2.06. The van der Waals surface area contributed by atoms with Crippen molar-refractivity contribution >= 4 is 27.3 Å². The topological polar surface area (TPSA) is 33.0 Å². The van der Waals surface area contributed by atoms with Crippen LogP contribution in [0.1, 0.15) is 11.1 Å². The normalized spacial score (nSPS) is 12.9. The number of ether oxygens (including phenoxy) is 1. The predicted molar refractivity (Wildman–Crippen MR) is 71.4 cm³/mol. The van der Waals surface area contributed by atoms with Gasteiger partial charge in [-0.05, 0) is 45.8 Å². The summed E-state index contributed by atoms with van der Waals surface area (Å²) in [6, 6.07) is 9.90. The molecule has 0 saturated heterocycles. The van der Waals surface area contributed by atoms with Crippen molar-refractivity contribution in [3.05, 3.63) is 39.2 Å². The Kier molecular flexibility index (Phi) is 2.65. The molecule has 1 aromatic carbocycles. The third-order valence-electron chi connectivity index (χ3n) is 2.76. The van der Waals surface area contributed by atoms with E-state index in [2.05, 4.69) is 28.1 Å². The molecule has 0 N–H and O–H groups in total. The van der Waals surface area contributed by atoms with Crippen LogP contribution >= 0.6 is 27.3 Å². The zero-order chi connectivity index (χ0) is 11.8. The van der Waals surface area contributed by atoms with Gasteiger partial charge in [-0.25, -0.2) is 0 Å². The van der Waals surface area contributed by atoms with Crippen LogP contribution in [0.4, 0.5) is 0 Å². The van der Waals surface area contributed by atoms with E-state index in [1.54, 1.807) is 17.4 Å². The van der Waals surface area contributed by atoms with Crippen LogP contribution in [0.3, 0.4) is 0 Å². The van der Waals surface area contributed by atoms with Crippen LogP contribution in [0.25, 0.3) is 10.4 Å². The maximum atomic E-state index is 8.97. The molecule has 84 valence electrons. The Morgan fingerprint density at radius 2 is 2.24 bits per heavy atom. The number of nitriles is 1. The Balaban J connectivity index is 2.26. The number of fused-ring (bicyclic) bond motifs is 3. The lowest BCUT2D eigenvalue weighted by atomic mass is 10.1. The third kappa shape index (κ3) is 1.86. The van der Waals surface area contributed by atoms with Gasteiger partial charge in [-0.1, -0.05) is 0 Å². The SMILES string of the molecule is N#Cc1ccc2c(c1)-c1sc(Br)cc1CCO2. The summed E-state index contributed by atoms with van der Waals surface area (Å²) >= 11 is 5.21. The van der Waals surface area contributed by atoms with Crippen LogP contribution < -0.4 is 4.74 Å². The van der Waals surface area contributed by atoms with E-state index in [1.165, 1.54) is 10.4 Å². The second-order valence-corrected chi connectivity index (χ2v) is 6.26. The zero-order valence-corrected chi connectivity index (χ0v) is 11.3. The number of rotatable bonds is 0. The molecule has 2 aromatic rings. The van der Waals surface area contributed by atoms with Gasteiger partial charge in [-0.2, -0.15) is 5.26 Å². The molecule has 0 bridgehead atoms. The summed E-state index contributed by atoms with van der Waals surface area (Å²) in [4.78, 5) is 1.21. The van der Waals surface area contributed by atoms with E-state index >= 15 is 0 Å². The number of hydrogen-bond donors (Lipinski definition) is 0. The Morgan fingerprint density at radius 3 is 3.06 bits per heavy atom. The quantitative estimate of drug-likeness (QED) is 0.737. The van der Waals surface area contributed by atoms with Gasteiger partial charge in [-0.15, -0.1) is 11.3 Å². The van der Waals surface area contributed by atoms with E-state index in [1.807, 2.05) is 12.1 Å². The number of benzene rings is 1. The number of nitrogens with zero attached hydrogens (tertiary/aromatic N) is 1. The van der Waals surface area contributed by atoms with Crippen molar-refractivity contribution in [2.24, 2.45) is 0 Å². The molecule has 0 atom stereocenters. The smallest absolute Gasteiger partial charge is 0.128 e. The van der Waals surface area contributed by atoms with Crippen LogP contribution in [0.5, 0.6) is 5.75 Å². The first kappa shape index (κ1) is 10.8. The van der Waals surface area contributed by atoms with Gasteiger partial charge in [0.25, 0.3) is 0 Å². The largest absolute Gasteiger partial charge is 0.493 e. The van der Waals surface area contributed by atoms with Crippen molar-refractivity contribution in [3.8, 4) is 22.3 Å². The molecule has 0 amide bonds. The van der Waals surface area contributed by atoms with Gasteiger partial charge in [0.1, 0.15) is 5.75 Å². The van der Waals surface area contributed by atoms with E-state index < -0.39 is 0 Å². The summed E-state index contributed by atoms with van der Waals surface area (Å²) in [6.45, 7) is 0.690. The Bertz CT molecular complexity index is 627. The predicted octanol–water partition coefficient (Wildman–Crippen LogP) is 3.98. The van der Waals surface area contributed by atoms with Gasteiger partial charge in [0.05, 0.1) is 22.0 Å². The molecule has 3 rings (SSSR count). The standard InChI is InChI=1S/C13H8BrNOS/c14-12-6-9-3-4-16-11-2-1-8(7-15)5-10(11)13(9)17-12/h1-2,5-6H,3-4H2. The molecular weight excluding hydrogens is 298 g/mol. The van der Waals surface area contributed by atoms with Gasteiger partial charge in [0.2, 0.25) is 0 Å². The molecule has 1 aromatic heterocycles. The van der Waals surface area contributed by atoms with Crippen LogP contribution in [-0.4, -0.2) is 6.61 Å². The number of halogens is 1.